The summed E-state index contributed by atoms with van der Waals surface area (Å²) in [6, 6.07) is 5.72. The maximum atomic E-state index is 12.5. The van der Waals surface area contributed by atoms with Crippen LogP contribution in [0.5, 0.6) is 5.75 Å². The molecule has 0 aliphatic carbocycles. The topological polar surface area (TPSA) is 84.0 Å². The number of anilines is 1. The Kier molecular flexibility index (Phi) is 6.27. The van der Waals surface area contributed by atoms with E-state index in [4.69, 9.17) is 9.47 Å². The van der Waals surface area contributed by atoms with E-state index in [0.29, 0.717) is 24.8 Å². The van der Waals surface area contributed by atoms with Crippen LogP contribution in [0.3, 0.4) is 0 Å². The van der Waals surface area contributed by atoms with Gasteiger partial charge in [-0.2, -0.15) is 0 Å². The quantitative estimate of drug-likeness (QED) is 0.734. The zero-order valence-corrected chi connectivity index (χ0v) is 17.4. The van der Waals surface area contributed by atoms with E-state index in [9.17, 15) is 9.59 Å². The zero-order chi connectivity index (χ0) is 20.2. The van der Waals surface area contributed by atoms with Gasteiger partial charge in [-0.15, -0.1) is 0 Å². The Morgan fingerprint density at radius 3 is 3.00 bits per heavy atom. The van der Waals surface area contributed by atoms with Crippen molar-refractivity contribution in [3.05, 3.63) is 18.2 Å². The van der Waals surface area contributed by atoms with E-state index in [1.165, 1.54) is 11.3 Å². The van der Waals surface area contributed by atoms with Gasteiger partial charge in [0, 0.05) is 39.1 Å². The van der Waals surface area contributed by atoms with Gasteiger partial charge in [-0.25, -0.2) is 4.98 Å². The second-order valence-corrected chi connectivity index (χ2v) is 8.22. The molecule has 0 bridgehead atoms. The van der Waals surface area contributed by atoms with E-state index in [1.54, 1.807) is 4.90 Å². The summed E-state index contributed by atoms with van der Waals surface area (Å²) < 4.78 is 11.8. The van der Waals surface area contributed by atoms with Crippen molar-refractivity contribution >= 4 is 38.5 Å². The fraction of sp³-hybridized carbons (Fsp3) is 0.550. The van der Waals surface area contributed by atoms with Gasteiger partial charge in [-0.3, -0.25) is 19.4 Å². The molecule has 1 atom stereocenters. The van der Waals surface area contributed by atoms with Gasteiger partial charge >= 0.3 is 0 Å². The number of morpholine rings is 1. The molecule has 0 saturated carbocycles. The third-order valence-electron chi connectivity index (χ3n) is 5.22. The largest absolute Gasteiger partial charge is 0.494 e. The van der Waals surface area contributed by atoms with Crippen LogP contribution in [0.25, 0.3) is 10.2 Å². The van der Waals surface area contributed by atoms with Gasteiger partial charge < -0.3 is 14.8 Å². The SMILES string of the molecule is CCOc1ccc2nc(N3CC(C(=O)NCCN4CCOCC4)CC3=O)sc2c1. The monoisotopic (exact) mass is 418 g/mol. The summed E-state index contributed by atoms with van der Waals surface area (Å²) in [7, 11) is 0. The maximum Gasteiger partial charge on any atom is 0.229 e. The molecule has 0 radical (unpaired) electrons. The van der Waals surface area contributed by atoms with Crippen LogP contribution in [0.15, 0.2) is 18.2 Å². The summed E-state index contributed by atoms with van der Waals surface area (Å²) in [6.45, 7) is 7.59. The number of amides is 2. The Balaban J connectivity index is 1.34. The molecule has 2 amide bonds. The second-order valence-electron chi connectivity index (χ2n) is 7.21. The third kappa shape index (κ3) is 4.68. The first-order valence-electron chi connectivity index (χ1n) is 10.1. The normalized spacial score (nSPS) is 20.4. The standard InChI is InChI=1S/C20H26N4O4S/c1-2-28-15-3-4-16-17(12-15)29-20(22-16)24-13-14(11-18(24)25)19(26)21-5-6-23-7-9-27-10-8-23/h3-4,12,14H,2,5-11,13H2,1H3,(H,21,26). The van der Waals surface area contributed by atoms with Gasteiger partial charge in [0.05, 0.1) is 36.0 Å². The molecule has 1 N–H and O–H groups in total. The number of nitrogens with zero attached hydrogens (tertiary/aromatic N) is 3. The highest BCUT2D eigenvalue weighted by Crippen LogP contribution is 2.34. The van der Waals surface area contributed by atoms with E-state index in [-0.39, 0.29) is 24.2 Å². The average Bonchev–Trinajstić information content (AvgIpc) is 3.32. The number of hydrogen-bond donors (Lipinski definition) is 1. The molecule has 2 aromatic rings. The lowest BCUT2D eigenvalue weighted by Gasteiger charge is -2.26. The number of carbonyl (C=O) groups excluding carboxylic acids is 2. The van der Waals surface area contributed by atoms with Crippen molar-refractivity contribution in [3.63, 3.8) is 0 Å². The molecule has 1 aromatic carbocycles. The highest BCUT2D eigenvalue weighted by atomic mass is 32.1. The Labute approximate surface area is 173 Å². The molecule has 2 aliphatic heterocycles. The first-order chi connectivity index (χ1) is 14.1. The van der Waals surface area contributed by atoms with Crippen molar-refractivity contribution < 1.29 is 19.1 Å². The Hall–Kier alpha value is -2.23. The molecule has 2 aliphatic rings. The lowest BCUT2D eigenvalue weighted by Crippen LogP contribution is -2.42. The molecule has 9 heteroatoms. The van der Waals surface area contributed by atoms with Crippen LogP contribution in [0.2, 0.25) is 0 Å². The van der Waals surface area contributed by atoms with Crippen LogP contribution in [0, 0.1) is 5.92 Å². The molecule has 156 valence electrons. The molecule has 2 saturated heterocycles. The third-order valence-corrected chi connectivity index (χ3v) is 6.26. The van der Waals surface area contributed by atoms with Gasteiger partial charge in [0.25, 0.3) is 0 Å². The molecule has 8 nitrogen and oxygen atoms in total. The predicted molar refractivity (Wildman–Crippen MR) is 112 cm³/mol. The molecule has 3 heterocycles. The molecular weight excluding hydrogens is 392 g/mol. The molecular formula is C20H26N4O4S. The molecule has 1 aromatic heterocycles. The van der Waals surface area contributed by atoms with Gasteiger partial charge in [-0.1, -0.05) is 11.3 Å². The van der Waals surface area contributed by atoms with E-state index in [1.807, 2.05) is 25.1 Å². The number of ether oxygens (including phenoxy) is 2. The summed E-state index contributed by atoms with van der Waals surface area (Å²) in [6.07, 6.45) is 0.226. The van der Waals surface area contributed by atoms with Gasteiger partial charge in [0.2, 0.25) is 11.8 Å². The van der Waals surface area contributed by atoms with E-state index in [0.717, 1.165) is 48.8 Å². The van der Waals surface area contributed by atoms with Crippen molar-refractivity contribution in [2.24, 2.45) is 5.92 Å². The highest BCUT2D eigenvalue weighted by molar-refractivity contribution is 7.22. The Morgan fingerprint density at radius 2 is 2.21 bits per heavy atom. The van der Waals surface area contributed by atoms with Gasteiger partial charge in [0.15, 0.2) is 5.13 Å². The fourth-order valence-corrected chi connectivity index (χ4v) is 4.66. The summed E-state index contributed by atoms with van der Waals surface area (Å²) in [5.74, 6) is 0.343. The minimum Gasteiger partial charge on any atom is -0.494 e. The summed E-state index contributed by atoms with van der Waals surface area (Å²) in [5, 5.41) is 3.62. The van der Waals surface area contributed by atoms with Crippen molar-refractivity contribution in [1.82, 2.24) is 15.2 Å². The number of nitrogens with one attached hydrogen (secondary N) is 1. The number of fused-ring (bicyclic) bond motifs is 1. The molecule has 0 spiro atoms. The number of hydrogen-bond acceptors (Lipinski definition) is 7. The average molecular weight is 419 g/mol. The smallest absolute Gasteiger partial charge is 0.229 e. The number of thiazole rings is 1. The van der Waals surface area contributed by atoms with Crippen molar-refractivity contribution in [2.75, 3.05) is 57.4 Å². The van der Waals surface area contributed by atoms with E-state index < -0.39 is 0 Å². The van der Waals surface area contributed by atoms with Crippen molar-refractivity contribution in [3.8, 4) is 5.75 Å². The molecule has 29 heavy (non-hydrogen) atoms. The lowest BCUT2D eigenvalue weighted by atomic mass is 10.1. The minimum atomic E-state index is -0.335. The van der Waals surface area contributed by atoms with Crippen molar-refractivity contribution in [1.29, 1.82) is 0 Å². The predicted octanol–water partition coefficient (Wildman–Crippen LogP) is 1.50. The van der Waals surface area contributed by atoms with Crippen LogP contribution < -0.4 is 15.0 Å². The maximum absolute atomic E-state index is 12.5. The lowest BCUT2D eigenvalue weighted by molar-refractivity contribution is -0.126. The second kappa shape index (κ2) is 9.06. The highest BCUT2D eigenvalue weighted by Gasteiger charge is 2.36. The minimum absolute atomic E-state index is 0.0533. The number of benzene rings is 1. The molecule has 4 rings (SSSR count). The van der Waals surface area contributed by atoms with Crippen LogP contribution >= 0.6 is 11.3 Å². The fourth-order valence-electron chi connectivity index (χ4n) is 3.64. The van der Waals surface area contributed by atoms with Crippen LogP contribution in [0.1, 0.15) is 13.3 Å². The van der Waals surface area contributed by atoms with Crippen LogP contribution in [-0.4, -0.2) is 74.2 Å². The molecule has 2 fully saturated rings. The van der Waals surface area contributed by atoms with Crippen molar-refractivity contribution in [2.45, 2.75) is 13.3 Å². The number of aromatic nitrogens is 1. The summed E-state index contributed by atoms with van der Waals surface area (Å²) in [4.78, 5) is 33.5. The van der Waals surface area contributed by atoms with Gasteiger partial charge in [-0.05, 0) is 25.1 Å². The van der Waals surface area contributed by atoms with Crippen LogP contribution in [0.4, 0.5) is 5.13 Å². The van der Waals surface area contributed by atoms with E-state index >= 15 is 0 Å². The van der Waals surface area contributed by atoms with Crippen LogP contribution in [-0.2, 0) is 14.3 Å². The first-order valence-corrected chi connectivity index (χ1v) is 10.9. The van der Waals surface area contributed by atoms with Gasteiger partial charge in [0.1, 0.15) is 5.75 Å². The summed E-state index contributed by atoms with van der Waals surface area (Å²) in [5.41, 5.74) is 0.833. The summed E-state index contributed by atoms with van der Waals surface area (Å²) >= 11 is 1.45. The number of rotatable bonds is 7. The van der Waals surface area contributed by atoms with E-state index in [2.05, 4.69) is 15.2 Å². The zero-order valence-electron chi connectivity index (χ0n) is 16.6. The Bertz CT molecular complexity index is 880. The first kappa shape index (κ1) is 20.1. The Morgan fingerprint density at radius 1 is 1.38 bits per heavy atom. The number of carbonyl (C=O) groups is 2. The molecule has 1 unspecified atom stereocenters.